The number of fused-ring (bicyclic) bond motifs is 1. The molecule has 0 atom stereocenters. The Morgan fingerprint density at radius 1 is 0.500 bits per heavy atom. The summed E-state index contributed by atoms with van der Waals surface area (Å²) in [6.45, 7) is 0. The van der Waals surface area contributed by atoms with Gasteiger partial charge in [-0.05, 0) is 0 Å². The van der Waals surface area contributed by atoms with Gasteiger partial charge in [0.25, 0.3) is 0 Å². The molecule has 0 amide bonds. The molecule has 4 nitrogen and oxygen atoms in total. The van der Waals surface area contributed by atoms with Crippen molar-refractivity contribution < 1.29 is 9.59 Å². The van der Waals surface area contributed by atoms with Crippen LogP contribution >= 0.6 is 0 Å². The summed E-state index contributed by atoms with van der Waals surface area (Å²) < 4.78 is 0. The van der Waals surface area contributed by atoms with E-state index in [-0.39, 0.29) is 23.0 Å². The van der Waals surface area contributed by atoms with Crippen LogP contribution in [0.4, 0.5) is 0 Å². The highest BCUT2D eigenvalue weighted by Crippen LogP contribution is 2.23. The molecule has 0 aliphatic rings. The molecule has 0 aliphatic heterocycles. The first kappa shape index (κ1) is 15.8. The van der Waals surface area contributed by atoms with Gasteiger partial charge in [0.2, 0.25) is 11.6 Å². The van der Waals surface area contributed by atoms with Crippen molar-refractivity contribution in [1.82, 2.24) is 10.2 Å². The highest BCUT2D eigenvalue weighted by molar-refractivity contribution is 6.20. The number of nitrogens with zero attached hydrogens (tertiary/aromatic N) is 2. The molecular formula is C22H14N2O2. The molecule has 0 aliphatic carbocycles. The summed E-state index contributed by atoms with van der Waals surface area (Å²) in [5.41, 5.74) is 1.57. The van der Waals surface area contributed by atoms with E-state index in [2.05, 4.69) is 10.2 Å². The minimum absolute atomic E-state index is 0.215. The Kier molecular flexibility index (Phi) is 4.07. The van der Waals surface area contributed by atoms with Crippen LogP contribution < -0.4 is 0 Å². The van der Waals surface area contributed by atoms with E-state index in [0.29, 0.717) is 21.9 Å². The fourth-order valence-electron chi connectivity index (χ4n) is 2.89. The Morgan fingerprint density at radius 3 is 1.23 bits per heavy atom. The average molecular weight is 338 g/mol. The highest BCUT2D eigenvalue weighted by atomic mass is 16.1. The fraction of sp³-hybridized carbons (Fsp3) is 0. The maximum atomic E-state index is 12.8. The molecular weight excluding hydrogens is 324 g/mol. The van der Waals surface area contributed by atoms with Crippen LogP contribution in [-0.4, -0.2) is 21.8 Å². The van der Waals surface area contributed by atoms with Crippen molar-refractivity contribution in [3.05, 3.63) is 107 Å². The van der Waals surface area contributed by atoms with Crippen molar-refractivity contribution in [2.24, 2.45) is 0 Å². The van der Waals surface area contributed by atoms with Crippen molar-refractivity contribution in [3.63, 3.8) is 0 Å². The van der Waals surface area contributed by atoms with Gasteiger partial charge in [0, 0.05) is 21.9 Å². The Labute approximate surface area is 150 Å². The van der Waals surface area contributed by atoms with Crippen molar-refractivity contribution >= 4 is 22.3 Å². The fourth-order valence-corrected chi connectivity index (χ4v) is 2.89. The number of hydrogen-bond donors (Lipinski definition) is 0. The normalized spacial score (nSPS) is 10.6. The summed E-state index contributed by atoms with van der Waals surface area (Å²) in [5, 5.41) is 9.46. The molecule has 0 N–H and O–H groups in total. The Hall–Kier alpha value is -3.66. The lowest BCUT2D eigenvalue weighted by Crippen LogP contribution is -2.12. The summed E-state index contributed by atoms with van der Waals surface area (Å²) in [5.74, 6) is -0.430. The molecule has 3 aromatic carbocycles. The molecule has 1 aromatic heterocycles. The number of ketones is 2. The van der Waals surface area contributed by atoms with Gasteiger partial charge in [-0.3, -0.25) is 9.59 Å². The Morgan fingerprint density at radius 2 is 0.846 bits per heavy atom. The first-order chi connectivity index (χ1) is 12.8. The second kappa shape index (κ2) is 6.69. The smallest absolute Gasteiger partial charge is 0.213 e. The quantitative estimate of drug-likeness (QED) is 0.526. The van der Waals surface area contributed by atoms with Gasteiger partial charge in [-0.2, -0.15) is 0 Å². The number of rotatable bonds is 4. The molecule has 0 saturated carbocycles. The zero-order chi connectivity index (χ0) is 17.9. The molecule has 0 saturated heterocycles. The van der Waals surface area contributed by atoms with Crippen molar-refractivity contribution in [1.29, 1.82) is 0 Å². The maximum absolute atomic E-state index is 12.8. The zero-order valence-electron chi connectivity index (χ0n) is 13.8. The molecule has 0 radical (unpaired) electrons. The van der Waals surface area contributed by atoms with Crippen molar-refractivity contribution in [2.75, 3.05) is 0 Å². The van der Waals surface area contributed by atoms with Gasteiger partial charge in [0.15, 0.2) is 0 Å². The van der Waals surface area contributed by atoms with E-state index >= 15 is 0 Å². The van der Waals surface area contributed by atoms with Gasteiger partial charge in [-0.25, -0.2) is 0 Å². The first-order valence-corrected chi connectivity index (χ1v) is 8.20. The lowest BCUT2D eigenvalue weighted by molar-refractivity contribution is 0.102. The van der Waals surface area contributed by atoms with E-state index < -0.39 is 0 Å². The predicted octanol–water partition coefficient (Wildman–Crippen LogP) is 4.09. The van der Waals surface area contributed by atoms with Crippen molar-refractivity contribution in [3.8, 4) is 0 Å². The molecule has 0 unspecified atom stereocenters. The molecule has 124 valence electrons. The monoisotopic (exact) mass is 338 g/mol. The van der Waals surface area contributed by atoms with Gasteiger partial charge in [-0.15, -0.1) is 10.2 Å². The van der Waals surface area contributed by atoms with Crippen LogP contribution in [0.25, 0.3) is 10.8 Å². The number of benzene rings is 3. The SMILES string of the molecule is O=C(c1ccccc1)c1nnc(C(=O)c2ccccc2)c2ccccc12. The molecule has 1 heterocycles. The molecule has 4 aromatic rings. The molecule has 4 heteroatoms. The van der Waals surface area contributed by atoms with Crippen LogP contribution in [0.2, 0.25) is 0 Å². The Bertz CT molecular complexity index is 1020. The van der Waals surface area contributed by atoms with Crippen LogP contribution in [0, 0.1) is 0 Å². The van der Waals surface area contributed by atoms with Crippen LogP contribution in [-0.2, 0) is 0 Å². The molecule has 26 heavy (non-hydrogen) atoms. The van der Waals surface area contributed by atoms with E-state index in [0.717, 1.165) is 0 Å². The highest BCUT2D eigenvalue weighted by Gasteiger charge is 2.20. The van der Waals surface area contributed by atoms with Gasteiger partial charge in [-0.1, -0.05) is 84.9 Å². The van der Waals surface area contributed by atoms with Crippen LogP contribution in [0.5, 0.6) is 0 Å². The second-order valence-electron chi connectivity index (χ2n) is 5.83. The number of carbonyl (C=O) groups is 2. The van der Waals surface area contributed by atoms with Gasteiger partial charge >= 0.3 is 0 Å². The molecule has 0 spiro atoms. The van der Waals surface area contributed by atoms with E-state index in [1.54, 1.807) is 60.7 Å². The molecule has 4 rings (SSSR count). The standard InChI is InChI=1S/C22H14N2O2/c25-21(15-9-3-1-4-10-15)19-17-13-7-8-14-18(17)20(24-23-19)22(26)16-11-5-2-6-12-16/h1-14H. The lowest BCUT2D eigenvalue weighted by atomic mass is 9.99. The zero-order valence-corrected chi connectivity index (χ0v) is 13.8. The second-order valence-corrected chi connectivity index (χ2v) is 5.83. The van der Waals surface area contributed by atoms with Crippen LogP contribution in [0.1, 0.15) is 32.1 Å². The minimum atomic E-state index is -0.215. The number of aromatic nitrogens is 2. The lowest BCUT2D eigenvalue weighted by Gasteiger charge is -2.08. The summed E-state index contributed by atoms with van der Waals surface area (Å²) in [6, 6.07) is 25.1. The molecule has 0 fully saturated rings. The summed E-state index contributed by atoms with van der Waals surface area (Å²) in [4.78, 5) is 25.6. The largest absolute Gasteiger partial charge is 0.287 e. The van der Waals surface area contributed by atoms with E-state index in [4.69, 9.17) is 0 Å². The molecule has 0 bridgehead atoms. The van der Waals surface area contributed by atoms with Crippen LogP contribution in [0.15, 0.2) is 84.9 Å². The average Bonchev–Trinajstić information content (AvgIpc) is 2.73. The Balaban J connectivity index is 1.87. The minimum Gasteiger partial charge on any atom is -0.287 e. The summed E-state index contributed by atoms with van der Waals surface area (Å²) in [7, 11) is 0. The van der Waals surface area contributed by atoms with E-state index in [9.17, 15) is 9.59 Å². The first-order valence-electron chi connectivity index (χ1n) is 8.20. The van der Waals surface area contributed by atoms with Gasteiger partial charge in [0.1, 0.15) is 11.4 Å². The third-order valence-corrected chi connectivity index (χ3v) is 4.19. The predicted molar refractivity (Wildman–Crippen MR) is 99.3 cm³/mol. The van der Waals surface area contributed by atoms with Gasteiger partial charge in [0.05, 0.1) is 0 Å². The van der Waals surface area contributed by atoms with E-state index in [1.165, 1.54) is 0 Å². The summed E-state index contributed by atoms with van der Waals surface area (Å²) >= 11 is 0. The topological polar surface area (TPSA) is 59.9 Å². The van der Waals surface area contributed by atoms with Crippen LogP contribution in [0.3, 0.4) is 0 Å². The summed E-state index contributed by atoms with van der Waals surface area (Å²) in [6.07, 6.45) is 0. The number of carbonyl (C=O) groups excluding carboxylic acids is 2. The van der Waals surface area contributed by atoms with Gasteiger partial charge < -0.3 is 0 Å². The maximum Gasteiger partial charge on any atom is 0.213 e. The third-order valence-electron chi connectivity index (χ3n) is 4.19. The van der Waals surface area contributed by atoms with Crippen molar-refractivity contribution in [2.45, 2.75) is 0 Å². The third kappa shape index (κ3) is 2.78. The van der Waals surface area contributed by atoms with E-state index in [1.807, 2.05) is 24.3 Å². The number of hydrogen-bond acceptors (Lipinski definition) is 4.